The summed E-state index contributed by atoms with van der Waals surface area (Å²) in [4.78, 5) is 14.0. The van der Waals surface area contributed by atoms with Crippen LogP contribution in [0.25, 0.3) is 0 Å². The zero-order valence-corrected chi connectivity index (χ0v) is 9.71. The molecule has 2 N–H and O–H groups in total. The Balaban J connectivity index is 2.70. The Kier molecular flexibility index (Phi) is 3.20. The molecule has 0 spiro atoms. The third-order valence-corrected chi connectivity index (χ3v) is 3.06. The summed E-state index contributed by atoms with van der Waals surface area (Å²) in [5.41, 5.74) is 5.57. The van der Waals surface area contributed by atoms with Gasteiger partial charge in [-0.3, -0.25) is 4.79 Å². The van der Waals surface area contributed by atoms with Crippen molar-refractivity contribution in [2.75, 3.05) is 13.1 Å². The van der Waals surface area contributed by atoms with Crippen LogP contribution in [-0.4, -0.2) is 29.9 Å². The number of amides is 1. The maximum absolute atomic E-state index is 12.0. The number of likely N-dealkylation sites (tertiary alicyclic amines) is 1. The van der Waals surface area contributed by atoms with Gasteiger partial charge in [-0.05, 0) is 26.2 Å². The van der Waals surface area contributed by atoms with Gasteiger partial charge in [0.25, 0.3) is 0 Å². The average Bonchev–Trinajstić information content (AvgIpc) is 2.07. The van der Waals surface area contributed by atoms with Gasteiger partial charge >= 0.3 is 0 Å². The standard InChI is InChI=1S/C11H22N2O/c1-8(2)7-13-6-5-9(12)11(3,4)10(13)14/h8-9H,5-7,12H2,1-4H3. The maximum atomic E-state index is 12.0. The van der Waals surface area contributed by atoms with Crippen molar-refractivity contribution in [3.8, 4) is 0 Å². The highest BCUT2D eigenvalue weighted by molar-refractivity contribution is 5.83. The van der Waals surface area contributed by atoms with E-state index in [0.717, 1.165) is 19.5 Å². The molecule has 1 rings (SSSR count). The minimum atomic E-state index is -0.382. The number of carbonyl (C=O) groups is 1. The van der Waals surface area contributed by atoms with E-state index in [0.29, 0.717) is 5.92 Å². The molecule has 3 heteroatoms. The van der Waals surface area contributed by atoms with E-state index in [1.165, 1.54) is 0 Å². The molecule has 1 fully saturated rings. The van der Waals surface area contributed by atoms with Crippen LogP contribution in [-0.2, 0) is 4.79 Å². The lowest BCUT2D eigenvalue weighted by atomic mass is 9.78. The van der Waals surface area contributed by atoms with E-state index in [-0.39, 0.29) is 17.4 Å². The summed E-state index contributed by atoms with van der Waals surface area (Å²) in [6, 6.07) is 0.0124. The molecule has 0 saturated carbocycles. The van der Waals surface area contributed by atoms with Crippen LogP contribution < -0.4 is 5.73 Å². The molecular weight excluding hydrogens is 176 g/mol. The van der Waals surface area contributed by atoms with Gasteiger partial charge in [0, 0.05) is 19.1 Å². The summed E-state index contributed by atoms with van der Waals surface area (Å²) in [6.45, 7) is 9.85. The minimum Gasteiger partial charge on any atom is -0.342 e. The van der Waals surface area contributed by atoms with E-state index < -0.39 is 0 Å². The number of hydrogen-bond acceptors (Lipinski definition) is 2. The molecule has 3 nitrogen and oxygen atoms in total. The van der Waals surface area contributed by atoms with Crippen molar-refractivity contribution in [3.05, 3.63) is 0 Å². The van der Waals surface area contributed by atoms with Gasteiger partial charge in [0.1, 0.15) is 0 Å². The van der Waals surface area contributed by atoms with E-state index in [1.54, 1.807) is 0 Å². The predicted molar refractivity (Wildman–Crippen MR) is 57.8 cm³/mol. The van der Waals surface area contributed by atoms with Crippen molar-refractivity contribution in [2.45, 2.75) is 40.2 Å². The van der Waals surface area contributed by atoms with E-state index in [1.807, 2.05) is 18.7 Å². The summed E-state index contributed by atoms with van der Waals surface area (Å²) in [5.74, 6) is 0.744. The molecule has 0 aromatic heterocycles. The molecule has 1 saturated heterocycles. The van der Waals surface area contributed by atoms with Crippen molar-refractivity contribution in [1.82, 2.24) is 4.90 Å². The van der Waals surface area contributed by atoms with Crippen molar-refractivity contribution < 1.29 is 4.79 Å². The maximum Gasteiger partial charge on any atom is 0.229 e. The summed E-state index contributed by atoms with van der Waals surface area (Å²) in [6.07, 6.45) is 0.922. The number of piperidine rings is 1. The number of rotatable bonds is 2. The second kappa shape index (κ2) is 3.89. The third kappa shape index (κ3) is 2.08. The minimum absolute atomic E-state index is 0.0124. The highest BCUT2D eigenvalue weighted by Gasteiger charge is 2.41. The monoisotopic (exact) mass is 198 g/mol. The smallest absolute Gasteiger partial charge is 0.229 e. The second-order valence-corrected chi connectivity index (χ2v) is 5.26. The van der Waals surface area contributed by atoms with Gasteiger partial charge in [0.2, 0.25) is 5.91 Å². The fourth-order valence-electron chi connectivity index (χ4n) is 1.94. The normalized spacial score (nSPS) is 27.1. The van der Waals surface area contributed by atoms with Crippen LogP contribution in [0.5, 0.6) is 0 Å². The molecule has 14 heavy (non-hydrogen) atoms. The van der Waals surface area contributed by atoms with Crippen LogP contribution in [0, 0.1) is 11.3 Å². The highest BCUT2D eigenvalue weighted by Crippen LogP contribution is 2.29. The van der Waals surface area contributed by atoms with Crippen molar-refractivity contribution in [2.24, 2.45) is 17.1 Å². The number of hydrogen-bond donors (Lipinski definition) is 1. The topological polar surface area (TPSA) is 46.3 Å². The first-order valence-corrected chi connectivity index (χ1v) is 5.40. The zero-order chi connectivity index (χ0) is 10.9. The second-order valence-electron chi connectivity index (χ2n) is 5.26. The van der Waals surface area contributed by atoms with Crippen LogP contribution in [0.15, 0.2) is 0 Å². The molecule has 1 atom stereocenters. The molecule has 1 amide bonds. The quantitative estimate of drug-likeness (QED) is 0.725. The van der Waals surface area contributed by atoms with Gasteiger partial charge in [0.05, 0.1) is 5.41 Å². The summed E-state index contributed by atoms with van der Waals surface area (Å²) < 4.78 is 0. The van der Waals surface area contributed by atoms with Crippen LogP contribution in [0.2, 0.25) is 0 Å². The van der Waals surface area contributed by atoms with E-state index >= 15 is 0 Å². The molecule has 1 heterocycles. The molecule has 0 aromatic rings. The Morgan fingerprint density at radius 2 is 2.14 bits per heavy atom. The Labute approximate surface area is 86.6 Å². The average molecular weight is 198 g/mol. The SMILES string of the molecule is CC(C)CN1CCC(N)C(C)(C)C1=O. The van der Waals surface area contributed by atoms with Gasteiger partial charge < -0.3 is 10.6 Å². The fourth-order valence-corrected chi connectivity index (χ4v) is 1.94. The summed E-state index contributed by atoms with van der Waals surface area (Å²) in [7, 11) is 0. The van der Waals surface area contributed by atoms with Crippen LogP contribution in [0.4, 0.5) is 0 Å². The van der Waals surface area contributed by atoms with E-state index in [4.69, 9.17) is 5.73 Å². The first-order valence-electron chi connectivity index (χ1n) is 5.40. The molecule has 1 aliphatic heterocycles. The Hall–Kier alpha value is -0.570. The van der Waals surface area contributed by atoms with Gasteiger partial charge in [-0.1, -0.05) is 13.8 Å². The fraction of sp³-hybridized carbons (Fsp3) is 0.909. The van der Waals surface area contributed by atoms with Crippen molar-refractivity contribution >= 4 is 5.91 Å². The Bertz CT molecular complexity index is 223. The van der Waals surface area contributed by atoms with Crippen LogP contribution in [0.3, 0.4) is 0 Å². The van der Waals surface area contributed by atoms with E-state index in [9.17, 15) is 4.79 Å². The van der Waals surface area contributed by atoms with Gasteiger partial charge in [0.15, 0.2) is 0 Å². The molecule has 1 aliphatic rings. The first-order chi connectivity index (χ1) is 6.35. The van der Waals surface area contributed by atoms with Gasteiger partial charge in [-0.2, -0.15) is 0 Å². The Morgan fingerprint density at radius 1 is 1.57 bits per heavy atom. The summed E-state index contributed by atoms with van der Waals surface area (Å²) in [5, 5.41) is 0. The molecule has 1 unspecified atom stereocenters. The number of nitrogens with zero attached hydrogens (tertiary/aromatic N) is 1. The molecule has 0 aromatic carbocycles. The van der Waals surface area contributed by atoms with Crippen LogP contribution >= 0.6 is 0 Å². The third-order valence-electron chi connectivity index (χ3n) is 3.06. The van der Waals surface area contributed by atoms with Gasteiger partial charge in [-0.15, -0.1) is 0 Å². The summed E-state index contributed by atoms with van der Waals surface area (Å²) >= 11 is 0. The highest BCUT2D eigenvalue weighted by atomic mass is 16.2. The largest absolute Gasteiger partial charge is 0.342 e. The van der Waals surface area contributed by atoms with Crippen molar-refractivity contribution in [1.29, 1.82) is 0 Å². The zero-order valence-electron chi connectivity index (χ0n) is 9.71. The lowest BCUT2D eigenvalue weighted by molar-refractivity contribution is -0.145. The molecule has 0 radical (unpaired) electrons. The number of nitrogens with two attached hydrogens (primary N) is 1. The first kappa shape index (κ1) is 11.5. The molecule has 82 valence electrons. The molecular formula is C11H22N2O. The lowest BCUT2D eigenvalue weighted by Gasteiger charge is -2.42. The van der Waals surface area contributed by atoms with Crippen LogP contribution in [0.1, 0.15) is 34.1 Å². The lowest BCUT2D eigenvalue weighted by Crippen LogP contribution is -2.57. The Morgan fingerprint density at radius 3 is 2.64 bits per heavy atom. The molecule has 0 bridgehead atoms. The molecule has 0 aliphatic carbocycles. The predicted octanol–water partition coefficient (Wildman–Crippen LogP) is 1.23. The van der Waals surface area contributed by atoms with Gasteiger partial charge in [-0.25, -0.2) is 0 Å². The van der Waals surface area contributed by atoms with Crippen molar-refractivity contribution in [3.63, 3.8) is 0 Å². The van der Waals surface area contributed by atoms with E-state index in [2.05, 4.69) is 13.8 Å². The number of carbonyl (C=O) groups excluding carboxylic acids is 1.